The van der Waals surface area contributed by atoms with E-state index in [0.717, 1.165) is 26.1 Å². The molecule has 4 heteroatoms. The second-order valence-corrected chi connectivity index (χ2v) is 6.08. The van der Waals surface area contributed by atoms with Crippen LogP contribution < -0.4 is 5.32 Å². The van der Waals surface area contributed by atoms with Gasteiger partial charge in [-0.25, -0.2) is 0 Å². The second-order valence-electron chi connectivity index (χ2n) is 4.81. The van der Waals surface area contributed by atoms with Crippen LogP contribution in [0.1, 0.15) is 45.6 Å². The molecule has 0 aromatic carbocycles. The van der Waals surface area contributed by atoms with E-state index < -0.39 is 0 Å². The van der Waals surface area contributed by atoms with Crippen molar-refractivity contribution in [1.29, 1.82) is 0 Å². The quantitative estimate of drug-likeness (QED) is 0.746. The van der Waals surface area contributed by atoms with Crippen molar-refractivity contribution in [2.45, 2.75) is 57.9 Å². The van der Waals surface area contributed by atoms with Gasteiger partial charge in [0.15, 0.2) is 0 Å². The van der Waals surface area contributed by atoms with Crippen LogP contribution in [0.15, 0.2) is 12.4 Å². The van der Waals surface area contributed by atoms with Gasteiger partial charge in [0.1, 0.15) is 0 Å². The number of nitrogens with one attached hydrogen (secondary N) is 1. The van der Waals surface area contributed by atoms with Crippen LogP contribution in [0, 0.1) is 0 Å². The number of hydrogen-bond acceptors (Lipinski definition) is 3. The fourth-order valence-electron chi connectivity index (χ4n) is 2.14. The van der Waals surface area contributed by atoms with E-state index in [1.807, 2.05) is 22.6 Å². The molecule has 0 atom stereocenters. The highest BCUT2D eigenvalue weighted by Crippen LogP contribution is 2.29. The second kappa shape index (κ2) is 7.85. The van der Waals surface area contributed by atoms with Gasteiger partial charge in [-0.1, -0.05) is 20.8 Å². The molecule has 0 aliphatic carbocycles. The Bertz CT molecular complexity index is 323. The smallest absolute Gasteiger partial charge is 0.0534 e. The van der Waals surface area contributed by atoms with Gasteiger partial charge in [0.25, 0.3) is 0 Å². The normalized spacial score (nSPS) is 12.0. The third-order valence-electron chi connectivity index (χ3n) is 3.64. The first kappa shape index (κ1) is 15.6. The molecule has 0 aliphatic rings. The summed E-state index contributed by atoms with van der Waals surface area (Å²) >= 11 is 1.98. The summed E-state index contributed by atoms with van der Waals surface area (Å²) in [5.74, 6) is 0. The predicted molar refractivity (Wildman–Crippen MR) is 81.1 cm³/mol. The van der Waals surface area contributed by atoms with Crippen molar-refractivity contribution >= 4 is 11.8 Å². The summed E-state index contributed by atoms with van der Waals surface area (Å²) in [6, 6.07) is 0. The Hall–Kier alpha value is -0.480. The molecule has 104 valence electrons. The van der Waals surface area contributed by atoms with Gasteiger partial charge in [0, 0.05) is 36.1 Å². The maximum atomic E-state index is 4.35. The van der Waals surface area contributed by atoms with Crippen molar-refractivity contribution in [1.82, 2.24) is 15.1 Å². The van der Waals surface area contributed by atoms with Gasteiger partial charge in [-0.3, -0.25) is 4.68 Å². The summed E-state index contributed by atoms with van der Waals surface area (Å²) in [7, 11) is 0. The number of rotatable bonds is 9. The minimum absolute atomic E-state index is 0.388. The lowest BCUT2D eigenvalue weighted by atomic mass is 10.0. The Morgan fingerprint density at radius 2 is 2.06 bits per heavy atom. The third kappa shape index (κ3) is 4.32. The SMILES string of the molecule is CCCn1cc(CNCC(CC)(CC)SC)cn1. The van der Waals surface area contributed by atoms with E-state index in [-0.39, 0.29) is 0 Å². The number of nitrogens with zero attached hydrogens (tertiary/aromatic N) is 2. The Labute approximate surface area is 116 Å². The number of hydrogen-bond donors (Lipinski definition) is 1. The first-order valence-electron chi connectivity index (χ1n) is 6.96. The molecule has 18 heavy (non-hydrogen) atoms. The molecule has 3 nitrogen and oxygen atoms in total. The van der Waals surface area contributed by atoms with Gasteiger partial charge in [-0.15, -0.1) is 0 Å². The van der Waals surface area contributed by atoms with Crippen LogP contribution in [0.4, 0.5) is 0 Å². The highest BCUT2D eigenvalue weighted by Gasteiger charge is 2.23. The van der Waals surface area contributed by atoms with Crippen molar-refractivity contribution in [3.63, 3.8) is 0 Å². The molecular formula is C14H27N3S. The molecule has 0 spiro atoms. The Balaban J connectivity index is 2.40. The monoisotopic (exact) mass is 269 g/mol. The van der Waals surface area contributed by atoms with E-state index in [1.54, 1.807) is 0 Å². The average Bonchev–Trinajstić information content (AvgIpc) is 2.84. The van der Waals surface area contributed by atoms with E-state index in [2.05, 4.69) is 43.6 Å². The molecule has 1 aromatic heterocycles. The Morgan fingerprint density at radius 1 is 1.33 bits per heavy atom. The van der Waals surface area contributed by atoms with Crippen molar-refractivity contribution in [3.05, 3.63) is 18.0 Å². The van der Waals surface area contributed by atoms with Gasteiger partial charge in [0.2, 0.25) is 0 Å². The van der Waals surface area contributed by atoms with Crippen LogP contribution in [0.5, 0.6) is 0 Å². The van der Waals surface area contributed by atoms with Crippen LogP contribution in [-0.2, 0) is 13.1 Å². The van der Waals surface area contributed by atoms with E-state index >= 15 is 0 Å². The van der Waals surface area contributed by atoms with Gasteiger partial charge >= 0.3 is 0 Å². The molecule has 0 amide bonds. The maximum Gasteiger partial charge on any atom is 0.0534 e. The summed E-state index contributed by atoms with van der Waals surface area (Å²) in [5, 5.41) is 7.93. The minimum Gasteiger partial charge on any atom is -0.311 e. The van der Waals surface area contributed by atoms with Crippen LogP contribution in [0.3, 0.4) is 0 Å². The summed E-state index contributed by atoms with van der Waals surface area (Å²) in [4.78, 5) is 0. The molecule has 1 rings (SSSR count). The maximum absolute atomic E-state index is 4.35. The summed E-state index contributed by atoms with van der Waals surface area (Å²) in [6.07, 6.45) is 9.90. The molecule has 0 saturated carbocycles. The molecule has 0 radical (unpaired) electrons. The zero-order chi connectivity index (χ0) is 13.4. The Kier molecular flexibility index (Phi) is 6.79. The molecule has 0 fully saturated rings. The van der Waals surface area contributed by atoms with Gasteiger partial charge in [-0.05, 0) is 25.5 Å². The number of aromatic nitrogens is 2. The minimum atomic E-state index is 0.388. The lowest BCUT2D eigenvalue weighted by molar-refractivity contribution is 0.495. The topological polar surface area (TPSA) is 29.9 Å². The molecule has 0 aliphatic heterocycles. The first-order valence-corrected chi connectivity index (χ1v) is 8.19. The zero-order valence-electron chi connectivity index (χ0n) is 12.2. The van der Waals surface area contributed by atoms with Crippen molar-refractivity contribution in [3.8, 4) is 0 Å². The lowest BCUT2D eigenvalue weighted by Gasteiger charge is -2.29. The predicted octanol–water partition coefficient (Wildman–Crippen LogP) is 3.30. The average molecular weight is 269 g/mol. The van der Waals surface area contributed by atoms with Crippen LogP contribution in [-0.4, -0.2) is 27.3 Å². The standard InChI is InChI=1S/C14H27N3S/c1-5-8-17-11-13(10-16-17)9-15-12-14(6-2,7-3)18-4/h10-11,15H,5-9,12H2,1-4H3. The summed E-state index contributed by atoms with van der Waals surface area (Å²) < 4.78 is 2.41. The highest BCUT2D eigenvalue weighted by molar-refractivity contribution is 8.00. The van der Waals surface area contributed by atoms with E-state index in [4.69, 9.17) is 0 Å². The number of aryl methyl sites for hydroxylation is 1. The van der Waals surface area contributed by atoms with E-state index in [0.29, 0.717) is 4.75 Å². The molecule has 0 bridgehead atoms. The number of thioether (sulfide) groups is 1. The summed E-state index contributed by atoms with van der Waals surface area (Å²) in [6.45, 7) is 9.74. The molecule has 0 unspecified atom stereocenters. The van der Waals surface area contributed by atoms with E-state index in [1.165, 1.54) is 18.4 Å². The van der Waals surface area contributed by atoms with Crippen molar-refractivity contribution in [2.24, 2.45) is 0 Å². The largest absolute Gasteiger partial charge is 0.311 e. The lowest BCUT2D eigenvalue weighted by Crippen LogP contribution is -2.36. The molecule has 0 saturated heterocycles. The fraction of sp³-hybridized carbons (Fsp3) is 0.786. The van der Waals surface area contributed by atoms with Crippen molar-refractivity contribution < 1.29 is 0 Å². The fourth-order valence-corrected chi connectivity index (χ4v) is 2.97. The zero-order valence-corrected chi connectivity index (χ0v) is 13.0. The molecular weight excluding hydrogens is 242 g/mol. The van der Waals surface area contributed by atoms with Crippen molar-refractivity contribution in [2.75, 3.05) is 12.8 Å². The van der Waals surface area contributed by atoms with Crippen LogP contribution >= 0.6 is 11.8 Å². The van der Waals surface area contributed by atoms with Gasteiger partial charge < -0.3 is 5.32 Å². The molecule has 1 aromatic rings. The van der Waals surface area contributed by atoms with Crippen LogP contribution in [0.2, 0.25) is 0 Å². The van der Waals surface area contributed by atoms with Gasteiger partial charge in [-0.2, -0.15) is 16.9 Å². The molecule has 1 N–H and O–H groups in total. The molecule has 1 heterocycles. The summed E-state index contributed by atoms with van der Waals surface area (Å²) in [5.41, 5.74) is 1.28. The van der Waals surface area contributed by atoms with Gasteiger partial charge in [0.05, 0.1) is 6.20 Å². The Morgan fingerprint density at radius 3 is 2.61 bits per heavy atom. The highest BCUT2D eigenvalue weighted by atomic mass is 32.2. The third-order valence-corrected chi connectivity index (χ3v) is 5.23. The van der Waals surface area contributed by atoms with E-state index in [9.17, 15) is 0 Å². The first-order chi connectivity index (χ1) is 8.69. The van der Waals surface area contributed by atoms with Crippen LogP contribution in [0.25, 0.3) is 0 Å².